The second-order valence-corrected chi connectivity index (χ2v) is 4.56. The van der Waals surface area contributed by atoms with E-state index in [-0.39, 0.29) is 0 Å². The van der Waals surface area contributed by atoms with Gasteiger partial charge in [-0.1, -0.05) is 19.1 Å². The fourth-order valence-corrected chi connectivity index (χ4v) is 1.96. The Hall–Kier alpha value is -1.84. The molecule has 2 rings (SSSR count). The van der Waals surface area contributed by atoms with E-state index >= 15 is 0 Å². The number of aryl methyl sites for hydroxylation is 1. The quantitative estimate of drug-likeness (QED) is 0.883. The lowest BCUT2D eigenvalue weighted by Crippen LogP contribution is -2.24. The third-order valence-corrected chi connectivity index (χ3v) is 3.08. The molecule has 1 aliphatic rings. The van der Waals surface area contributed by atoms with E-state index in [0.29, 0.717) is 5.82 Å². The van der Waals surface area contributed by atoms with Crippen LogP contribution >= 0.6 is 0 Å². The summed E-state index contributed by atoms with van der Waals surface area (Å²) in [7, 11) is 0. The van der Waals surface area contributed by atoms with Gasteiger partial charge in [-0.05, 0) is 19.4 Å². The number of nitrogens with two attached hydrogens (primary N) is 1. The molecule has 0 radical (unpaired) electrons. The molecule has 4 heteroatoms. The van der Waals surface area contributed by atoms with Gasteiger partial charge in [0.1, 0.15) is 11.6 Å². The second-order valence-electron chi connectivity index (χ2n) is 4.56. The molecule has 96 valence electrons. The molecular formula is C14H20N4. The zero-order valence-electron chi connectivity index (χ0n) is 11.1. The molecule has 0 aromatic carbocycles. The molecule has 0 saturated heterocycles. The maximum absolute atomic E-state index is 6.00. The minimum absolute atomic E-state index is 0.607. The lowest BCUT2D eigenvalue weighted by atomic mass is 10.2. The summed E-state index contributed by atoms with van der Waals surface area (Å²) in [6, 6.07) is 0. The highest BCUT2D eigenvalue weighted by Crippen LogP contribution is 2.17. The van der Waals surface area contributed by atoms with Crippen molar-refractivity contribution in [1.29, 1.82) is 0 Å². The van der Waals surface area contributed by atoms with Crippen molar-refractivity contribution in [2.45, 2.75) is 33.2 Å². The number of aromatic nitrogens is 2. The van der Waals surface area contributed by atoms with E-state index in [1.807, 2.05) is 6.20 Å². The van der Waals surface area contributed by atoms with Gasteiger partial charge in [0.05, 0.1) is 0 Å². The van der Waals surface area contributed by atoms with Crippen LogP contribution in [0.4, 0.5) is 5.82 Å². The van der Waals surface area contributed by atoms with Gasteiger partial charge >= 0.3 is 0 Å². The number of nitrogen functional groups attached to an aromatic ring is 1. The summed E-state index contributed by atoms with van der Waals surface area (Å²) in [4.78, 5) is 11.0. The minimum Gasteiger partial charge on any atom is -0.383 e. The van der Waals surface area contributed by atoms with Crippen LogP contribution in [0.15, 0.2) is 30.1 Å². The average molecular weight is 244 g/mol. The summed E-state index contributed by atoms with van der Waals surface area (Å²) in [6.07, 6.45) is 10.1. The lowest BCUT2D eigenvalue weighted by molar-refractivity contribution is 0.369. The molecule has 0 unspecified atom stereocenters. The molecule has 0 bridgehead atoms. The molecule has 18 heavy (non-hydrogen) atoms. The Morgan fingerprint density at radius 2 is 2.28 bits per heavy atom. The Morgan fingerprint density at radius 1 is 1.44 bits per heavy atom. The van der Waals surface area contributed by atoms with Crippen LogP contribution in [0.25, 0.3) is 0 Å². The van der Waals surface area contributed by atoms with E-state index in [4.69, 9.17) is 5.73 Å². The molecule has 0 fully saturated rings. The average Bonchev–Trinajstić information content (AvgIpc) is 2.35. The van der Waals surface area contributed by atoms with Crippen molar-refractivity contribution in [3.05, 3.63) is 41.5 Å². The predicted octanol–water partition coefficient (Wildman–Crippen LogP) is 2.29. The summed E-state index contributed by atoms with van der Waals surface area (Å²) in [6.45, 7) is 5.90. The molecule has 0 amide bonds. The van der Waals surface area contributed by atoms with Crippen LogP contribution in [-0.4, -0.2) is 21.4 Å². The first-order valence-corrected chi connectivity index (χ1v) is 6.39. The maximum Gasteiger partial charge on any atom is 0.132 e. The van der Waals surface area contributed by atoms with Crippen LogP contribution in [-0.2, 0) is 13.0 Å². The number of nitrogens with zero attached hydrogens (tertiary/aromatic N) is 3. The van der Waals surface area contributed by atoms with Gasteiger partial charge in [-0.15, -0.1) is 0 Å². The zero-order chi connectivity index (χ0) is 13.0. The van der Waals surface area contributed by atoms with Crippen molar-refractivity contribution in [1.82, 2.24) is 14.9 Å². The SMILES string of the molecule is CCCc1ncc(CN2CC=CC=C2C)c(N)n1. The van der Waals surface area contributed by atoms with Gasteiger partial charge in [-0.3, -0.25) is 0 Å². The maximum atomic E-state index is 6.00. The molecule has 0 atom stereocenters. The first-order chi connectivity index (χ1) is 8.70. The Labute approximate surface area is 108 Å². The van der Waals surface area contributed by atoms with Crippen molar-refractivity contribution in [2.75, 3.05) is 12.3 Å². The van der Waals surface area contributed by atoms with Gasteiger partial charge in [0.2, 0.25) is 0 Å². The fourth-order valence-electron chi connectivity index (χ4n) is 1.96. The lowest BCUT2D eigenvalue weighted by Gasteiger charge is -2.26. The molecule has 1 aromatic heterocycles. The van der Waals surface area contributed by atoms with Crippen molar-refractivity contribution in [3.63, 3.8) is 0 Å². The molecule has 2 heterocycles. The third kappa shape index (κ3) is 2.88. The standard InChI is InChI=1S/C14H20N4/c1-3-6-13-16-9-12(14(15)17-13)10-18-8-5-4-7-11(18)2/h4-5,7,9H,3,6,8,10H2,1-2H3,(H2,15,16,17). The van der Waals surface area contributed by atoms with Gasteiger partial charge in [-0.25, -0.2) is 9.97 Å². The molecular weight excluding hydrogens is 224 g/mol. The van der Waals surface area contributed by atoms with Gasteiger partial charge < -0.3 is 10.6 Å². The van der Waals surface area contributed by atoms with Crippen molar-refractivity contribution >= 4 is 5.82 Å². The van der Waals surface area contributed by atoms with E-state index in [9.17, 15) is 0 Å². The number of anilines is 1. The zero-order valence-corrected chi connectivity index (χ0v) is 11.1. The number of rotatable bonds is 4. The second kappa shape index (κ2) is 5.67. The third-order valence-electron chi connectivity index (χ3n) is 3.08. The molecule has 4 nitrogen and oxygen atoms in total. The largest absolute Gasteiger partial charge is 0.383 e. The van der Waals surface area contributed by atoms with Crippen molar-refractivity contribution in [2.24, 2.45) is 0 Å². The summed E-state index contributed by atoms with van der Waals surface area (Å²) >= 11 is 0. The van der Waals surface area contributed by atoms with Crippen molar-refractivity contribution in [3.8, 4) is 0 Å². The minimum atomic E-state index is 0.607. The van der Waals surface area contributed by atoms with Gasteiger partial charge in [-0.2, -0.15) is 0 Å². The summed E-state index contributed by atoms with van der Waals surface area (Å²) in [5.41, 5.74) is 8.24. The van der Waals surface area contributed by atoms with E-state index in [1.165, 1.54) is 5.70 Å². The first-order valence-electron chi connectivity index (χ1n) is 6.39. The molecule has 0 saturated carbocycles. The Kier molecular flexibility index (Phi) is 3.97. The first kappa shape index (κ1) is 12.6. The highest BCUT2D eigenvalue weighted by atomic mass is 15.1. The summed E-state index contributed by atoms with van der Waals surface area (Å²) < 4.78 is 0. The van der Waals surface area contributed by atoms with Crippen LogP contribution in [0.2, 0.25) is 0 Å². The number of hydrogen-bond acceptors (Lipinski definition) is 4. The normalized spacial score (nSPS) is 14.8. The van der Waals surface area contributed by atoms with Crippen LogP contribution in [0.1, 0.15) is 31.7 Å². The van der Waals surface area contributed by atoms with Gasteiger partial charge in [0.25, 0.3) is 0 Å². The van der Waals surface area contributed by atoms with E-state index in [0.717, 1.165) is 37.3 Å². The van der Waals surface area contributed by atoms with Crippen LogP contribution in [0, 0.1) is 0 Å². The highest BCUT2D eigenvalue weighted by Gasteiger charge is 2.11. The van der Waals surface area contributed by atoms with Crippen molar-refractivity contribution < 1.29 is 0 Å². The summed E-state index contributed by atoms with van der Waals surface area (Å²) in [5.74, 6) is 1.44. The van der Waals surface area contributed by atoms with Crippen LogP contribution < -0.4 is 5.73 Å². The molecule has 0 aliphatic carbocycles. The molecule has 1 aliphatic heterocycles. The Balaban J connectivity index is 2.10. The predicted molar refractivity (Wildman–Crippen MR) is 73.7 cm³/mol. The Morgan fingerprint density at radius 3 is 2.94 bits per heavy atom. The van der Waals surface area contributed by atoms with Gasteiger partial charge in [0, 0.05) is 37.0 Å². The van der Waals surface area contributed by atoms with Crippen LogP contribution in [0.5, 0.6) is 0 Å². The summed E-state index contributed by atoms with van der Waals surface area (Å²) in [5, 5.41) is 0. The topological polar surface area (TPSA) is 55.0 Å². The van der Waals surface area contributed by atoms with Gasteiger partial charge in [0.15, 0.2) is 0 Å². The molecule has 1 aromatic rings. The smallest absolute Gasteiger partial charge is 0.132 e. The van der Waals surface area contributed by atoms with E-state index < -0.39 is 0 Å². The molecule has 2 N–H and O–H groups in total. The number of hydrogen-bond donors (Lipinski definition) is 1. The highest BCUT2D eigenvalue weighted by molar-refractivity contribution is 5.38. The number of allylic oxidation sites excluding steroid dienone is 3. The molecule has 0 spiro atoms. The fraction of sp³-hybridized carbons (Fsp3) is 0.429. The monoisotopic (exact) mass is 244 g/mol. The van der Waals surface area contributed by atoms with E-state index in [1.54, 1.807) is 0 Å². The Bertz CT molecular complexity index is 477. The van der Waals surface area contributed by atoms with E-state index in [2.05, 4.69) is 46.9 Å². The van der Waals surface area contributed by atoms with Crippen LogP contribution in [0.3, 0.4) is 0 Å².